The minimum atomic E-state index is -0.489. The van der Waals surface area contributed by atoms with Crippen LogP contribution in [0.3, 0.4) is 0 Å². The third-order valence-electron chi connectivity index (χ3n) is 6.25. The Morgan fingerprint density at radius 1 is 1.09 bits per heavy atom. The first-order valence-electron chi connectivity index (χ1n) is 11.3. The highest BCUT2D eigenvalue weighted by atomic mass is 16.6. The predicted octanol–water partition coefficient (Wildman–Crippen LogP) is 4.61. The first-order chi connectivity index (χ1) is 15.9. The average molecular weight is 448 g/mol. The van der Waals surface area contributed by atoms with E-state index in [-0.39, 0.29) is 11.6 Å². The van der Waals surface area contributed by atoms with Crippen molar-refractivity contribution < 1.29 is 9.72 Å². The molecule has 172 valence electrons. The molecule has 0 radical (unpaired) electrons. The van der Waals surface area contributed by atoms with Crippen molar-refractivity contribution in [2.45, 2.75) is 31.7 Å². The molecule has 1 aliphatic carbocycles. The molecule has 1 aliphatic rings. The maximum Gasteiger partial charge on any atom is 0.270 e. The van der Waals surface area contributed by atoms with Gasteiger partial charge in [-0.1, -0.05) is 24.3 Å². The number of nitro benzene ring substituents is 1. The Balaban J connectivity index is 1.31. The number of amides is 1. The average Bonchev–Trinajstić information content (AvgIpc) is 2.83. The van der Waals surface area contributed by atoms with Crippen LogP contribution in [0.2, 0.25) is 0 Å². The molecule has 1 fully saturated rings. The van der Waals surface area contributed by atoms with Crippen molar-refractivity contribution in [3.63, 3.8) is 0 Å². The summed E-state index contributed by atoms with van der Waals surface area (Å²) in [4.78, 5) is 29.7. The molecule has 1 saturated carbocycles. The van der Waals surface area contributed by atoms with Crippen LogP contribution in [0.25, 0.3) is 10.9 Å². The van der Waals surface area contributed by atoms with Crippen molar-refractivity contribution in [2.24, 2.45) is 5.92 Å². The number of rotatable bonds is 7. The molecule has 0 bridgehead atoms. The maximum atomic E-state index is 12.4. The lowest BCUT2D eigenvalue weighted by Crippen LogP contribution is -2.34. The van der Waals surface area contributed by atoms with Crippen LogP contribution in [0.5, 0.6) is 0 Å². The Morgan fingerprint density at radius 3 is 2.58 bits per heavy atom. The lowest BCUT2D eigenvalue weighted by molar-refractivity contribution is -0.384. The number of hydrogen-bond acceptors (Lipinski definition) is 6. The maximum absolute atomic E-state index is 12.4. The molecule has 2 N–H and O–H groups in total. The molecule has 33 heavy (non-hydrogen) atoms. The molecule has 8 nitrogen and oxygen atoms in total. The van der Waals surface area contributed by atoms with Crippen LogP contribution >= 0.6 is 0 Å². The summed E-state index contributed by atoms with van der Waals surface area (Å²) in [6.07, 6.45) is 4.01. The number of benzene rings is 2. The Labute approximate surface area is 193 Å². The first-order valence-corrected chi connectivity index (χ1v) is 11.3. The Kier molecular flexibility index (Phi) is 6.72. The van der Waals surface area contributed by atoms with Gasteiger partial charge in [-0.05, 0) is 43.7 Å². The Morgan fingerprint density at radius 2 is 1.85 bits per heavy atom. The van der Waals surface area contributed by atoms with Crippen LogP contribution < -0.4 is 15.5 Å². The second-order valence-electron chi connectivity index (χ2n) is 8.82. The van der Waals surface area contributed by atoms with Gasteiger partial charge in [0.25, 0.3) is 11.6 Å². The number of anilines is 2. The van der Waals surface area contributed by atoms with Gasteiger partial charge >= 0.3 is 0 Å². The number of pyridine rings is 1. The predicted molar refractivity (Wildman–Crippen MR) is 131 cm³/mol. The molecule has 8 heteroatoms. The van der Waals surface area contributed by atoms with E-state index in [1.165, 1.54) is 18.2 Å². The van der Waals surface area contributed by atoms with Gasteiger partial charge in [0, 0.05) is 61.5 Å². The number of non-ortho nitro benzene ring substituents is 1. The highest BCUT2D eigenvalue weighted by Gasteiger charge is 2.23. The van der Waals surface area contributed by atoms with Crippen LogP contribution in [0.1, 0.15) is 36.0 Å². The summed E-state index contributed by atoms with van der Waals surface area (Å²) < 4.78 is 0. The summed E-state index contributed by atoms with van der Waals surface area (Å²) in [6, 6.07) is 16.4. The molecular formula is C25H29N5O3. The van der Waals surface area contributed by atoms with Crippen molar-refractivity contribution in [3.05, 3.63) is 70.3 Å². The number of para-hydroxylation sites is 1. The zero-order valence-electron chi connectivity index (χ0n) is 19.0. The molecule has 0 spiro atoms. The number of carbonyl (C=O) groups excluding carboxylic acids is 1. The number of aromatic nitrogens is 1. The third kappa shape index (κ3) is 5.39. The number of nitrogens with zero attached hydrogens (tertiary/aromatic N) is 3. The Bertz CT molecular complexity index is 1160. The van der Waals surface area contributed by atoms with E-state index in [0.29, 0.717) is 24.1 Å². The minimum Gasteiger partial charge on any atom is -0.377 e. The van der Waals surface area contributed by atoms with Crippen molar-refractivity contribution in [1.82, 2.24) is 10.3 Å². The first kappa shape index (κ1) is 22.5. The van der Waals surface area contributed by atoms with E-state index < -0.39 is 4.92 Å². The van der Waals surface area contributed by atoms with Crippen LogP contribution in [-0.4, -0.2) is 42.5 Å². The number of nitrogens with one attached hydrogen (secondary N) is 2. The fourth-order valence-corrected chi connectivity index (χ4v) is 4.42. The highest BCUT2D eigenvalue weighted by Crippen LogP contribution is 2.30. The van der Waals surface area contributed by atoms with Crippen molar-refractivity contribution in [3.8, 4) is 0 Å². The van der Waals surface area contributed by atoms with Crippen LogP contribution in [0.4, 0.5) is 17.2 Å². The van der Waals surface area contributed by atoms with E-state index in [9.17, 15) is 14.9 Å². The largest absolute Gasteiger partial charge is 0.377 e. The Hall–Kier alpha value is -3.68. The number of fused-ring (bicyclic) bond motifs is 1. The second kappa shape index (κ2) is 9.85. The highest BCUT2D eigenvalue weighted by molar-refractivity contribution is 5.95. The molecule has 4 rings (SSSR count). The summed E-state index contributed by atoms with van der Waals surface area (Å²) in [5, 5.41) is 18.6. The fourth-order valence-electron chi connectivity index (χ4n) is 4.42. The van der Waals surface area contributed by atoms with Gasteiger partial charge < -0.3 is 15.5 Å². The molecule has 0 aliphatic heterocycles. The van der Waals surface area contributed by atoms with Gasteiger partial charge in [-0.15, -0.1) is 0 Å². The summed E-state index contributed by atoms with van der Waals surface area (Å²) >= 11 is 0. The van der Waals surface area contributed by atoms with Gasteiger partial charge in [0.2, 0.25) is 0 Å². The van der Waals surface area contributed by atoms with E-state index in [2.05, 4.69) is 27.7 Å². The summed E-state index contributed by atoms with van der Waals surface area (Å²) in [6.45, 7) is 0.577. The van der Waals surface area contributed by atoms with Gasteiger partial charge in [-0.25, -0.2) is 4.98 Å². The number of carbonyl (C=O) groups is 1. The zero-order valence-corrected chi connectivity index (χ0v) is 19.0. The topological polar surface area (TPSA) is 100 Å². The van der Waals surface area contributed by atoms with Crippen LogP contribution in [0, 0.1) is 16.0 Å². The number of hydrogen-bond donors (Lipinski definition) is 2. The molecule has 3 aromatic rings. The molecule has 0 atom stereocenters. The van der Waals surface area contributed by atoms with Gasteiger partial charge in [-0.2, -0.15) is 0 Å². The van der Waals surface area contributed by atoms with Crippen LogP contribution in [-0.2, 0) is 0 Å². The van der Waals surface area contributed by atoms with Gasteiger partial charge in [-0.3, -0.25) is 14.9 Å². The van der Waals surface area contributed by atoms with Crippen molar-refractivity contribution in [2.75, 3.05) is 30.9 Å². The van der Waals surface area contributed by atoms with E-state index >= 15 is 0 Å². The molecule has 2 aromatic carbocycles. The van der Waals surface area contributed by atoms with Crippen molar-refractivity contribution >= 4 is 34.0 Å². The smallest absolute Gasteiger partial charge is 0.270 e. The van der Waals surface area contributed by atoms with Crippen LogP contribution in [0.15, 0.2) is 54.6 Å². The molecule has 1 heterocycles. The molecule has 1 amide bonds. The zero-order chi connectivity index (χ0) is 23.4. The van der Waals surface area contributed by atoms with Gasteiger partial charge in [0.05, 0.1) is 10.4 Å². The molecular weight excluding hydrogens is 418 g/mol. The third-order valence-corrected chi connectivity index (χ3v) is 6.25. The van der Waals surface area contributed by atoms with E-state index in [4.69, 9.17) is 4.98 Å². The normalized spacial score (nSPS) is 18.0. The molecule has 0 unspecified atom stereocenters. The number of nitro groups is 1. The van der Waals surface area contributed by atoms with Crippen molar-refractivity contribution in [1.29, 1.82) is 0 Å². The van der Waals surface area contributed by atoms with Gasteiger partial charge in [0.15, 0.2) is 0 Å². The van der Waals surface area contributed by atoms with E-state index in [0.717, 1.165) is 48.1 Å². The SMILES string of the molecule is CN(C)c1cc(N[C@H]2CC[C@@H](CNC(=O)c3cccc([N+](=O)[O-])c3)CC2)nc2ccccc12. The fraction of sp³-hybridized carbons (Fsp3) is 0.360. The molecule has 0 saturated heterocycles. The monoisotopic (exact) mass is 447 g/mol. The lowest BCUT2D eigenvalue weighted by atomic mass is 9.86. The van der Waals surface area contributed by atoms with E-state index in [1.54, 1.807) is 6.07 Å². The second-order valence-corrected chi connectivity index (χ2v) is 8.82. The molecule has 1 aromatic heterocycles. The summed E-state index contributed by atoms with van der Waals surface area (Å²) in [5.74, 6) is 1.02. The summed E-state index contributed by atoms with van der Waals surface area (Å²) in [7, 11) is 4.08. The van der Waals surface area contributed by atoms with E-state index in [1.807, 2.05) is 32.3 Å². The van der Waals surface area contributed by atoms with Gasteiger partial charge in [0.1, 0.15) is 5.82 Å². The lowest BCUT2D eigenvalue weighted by Gasteiger charge is -2.30. The minimum absolute atomic E-state index is 0.0750. The quantitative estimate of drug-likeness (QED) is 0.405. The summed E-state index contributed by atoms with van der Waals surface area (Å²) in [5.41, 5.74) is 2.36. The standard InChI is InChI=1S/C25H29N5O3/c1-29(2)23-15-24(28-22-9-4-3-8-21(22)23)27-19-12-10-17(11-13-19)16-26-25(31)18-6-5-7-20(14-18)30(32)33/h3-9,14-15,17,19H,10-13,16H2,1-2H3,(H,26,31)(H,27,28)/t17-,19+.